The Hall–Kier alpha value is -2.05. The second kappa shape index (κ2) is 7.23. The molecule has 0 unspecified atom stereocenters. The van der Waals surface area contributed by atoms with Crippen molar-refractivity contribution in [2.45, 2.75) is 25.7 Å². The number of nitrogens with one attached hydrogen (secondary N) is 1. The first-order valence-electron chi connectivity index (χ1n) is 7.59. The summed E-state index contributed by atoms with van der Waals surface area (Å²) in [4.78, 5) is 24.3. The number of aliphatic carboxylic acids is 1. The highest BCUT2D eigenvalue weighted by Crippen LogP contribution is 2.32. The van der Waals surface area contributed by atoms with Crippen molar-refractivity contribution in [1.82, 2.24) is 0 Å². The van der Waals surface area contributed by atoms with E-state index in [2.05, 4.69) is 5.32 Å². The third-order valence-corrected chi connectivity index (χ3v) is 5.23. The highest BCUT2D eigenvalue weighted by Gasteiger charge is 2.20. The maximum Gasteiger partial charge on any atom is 0.341 e. The lowest BCUT2D eigenvalue weighted by atomic mass is 9.95. The molecule has 1 aliphatic carbocycles. The lowest BCUT2D eigenvalue weighted by molar-refractivity contribution is -0.139. The molecule has 3 rings (SSSR count). The van der Waals surface area contributed by atoms with Gasteiger partial charge >= 0.3 is 5.97 Å². The van der Waals surface area contributed by atoms with Crippen molar-refractivity contribution in [3.63, 3.8) is 0 Å². The number of amides is 1. The Balaban J connectivity index is 1.71. The summed E-state index contributed by atoms with van der Waals surface area (Å²) in [6, 6.07) is 4.74. The Morgan fingerprint density at radius 3 is 2.83 bits per heavy atom. The molecule has 5 nitrogen and oxygen atoms in total. The number of rotatable bonds is 5. The number of hydrogen-bond donors (Lipinski definition) is 2. The van der Waals surface area contributed by atoms with Gasteiger partial charge in [-0.2, -0.15) is 0 Å². The first-order valence-corrected chi connectivity index (χ1v) is 8.85. The first kappa shape index (κ1) is 16.8. The predicted octanol–water partition coefficient (Wildman–Crippen LogP) is 4.00. The van der Waals surface area contributed by atoms with Gasteiger partial charge in [0.25, 0.3) is 5.91 Å². The topological polar surface area (TPSA) is 75.6 Å². The Bertz CT molecular complexity index is 787. The van der Waals surface area contributed by atoms with Gasteiger partial charge in [0.05, 0.1) is 10.6 Å². The van der Waals surface area contributed by atoms with Gasteiger partial charge in [0.15, 0.2) is 6.61 Å². The Morgan fingerprint density at radius 1 is 1.29 bits per heavy atom. The third-order valence-electron chi connectivity index (χ3n) is 3.85. The smallest absolute Gasteiger partial charge is 0.341 e. The zero-order valence-corrected chi connectivity index (χ0v) is 14.4. The van der Waals surface area contributed by atoms with Crippen LogP contribution < -0.4 is 10.1 Å². The molecule has 1 aliphatic rings. The Kier molecular flexibility index (Phi) is 5.06. The fraction of sp³-hybridized carbons (Fsp3) is 0.294. The maximum absolute atomic E-state index is 12.5. The highest BCUT2D eigenvalue weighted by molar-refractivity contribution is 7.10. The lowest BCUT2D eigenvalue weighted by Crippen LogP contribution is -2.14. The normalized spacial score (nSPS) is 13.2. The number of halogens is 1. The van der Waals surface area contributed by atoms with E-state index in [4.69, 9.17) is 21.4 Å². The number of benzene rings is 1. The van der Waals surface area contributed by atoms with Crippen LogP contribution in [-0.2, 0) is 17.6 Å². The van der Waals surface area contributed by atoms with E-state index in [1.54, 1.807) is 29.5 Å². The fourth-order valence-corrected chi connectivity index (χ4v) is 4.08. The molecule has 24 heavy (non-hydrogen) atoms. The molecule has 0 aliphatic heterocycles. The van der Waals surface area contributed by atoms with Crippen molar-refractivity contribution >= 4 is 40.5 Å². The van der Waals surface area contributed by atoms with Crippen molar-refractivity contribution in [1.29, 1.82) is 0 Å². The second-order valence-corrected chi connectivity index (χ2v) is 6.91. The van der Waals surface area contributed by atoms with Crippen LogP contribution >= 0.6 is 22.9 Å². The standard InChI is InChI=1S/C17H16ClNO4S/c18-13-7-10(5-6-14(13)23-8-16(20)21)19-17(22)12-9-24-15-4-2-1-3-11(12)15/h5-7,9H,1-4,8H2,(H,19,22)(H,20,21). The highest BCUT2D eigenvalue weighted by atomic mass is 35.5. The molecular weight excluding hydrogens is 350 g/mol. The number of hydrogen-bond acceptors (Lipinski definition) is 4. The number of thiophene rings is 1. The summed E-state index contributed by atoms with van der Waals surface area (Å²) in [5.41, 5.74) is 2.44. The Labute approximate surface area is 148 Å². The molecule has 1 amide bonds. The van der Waals surface area contributed by atoms with E-state index in [9.17, 15) is 9.59 Å². The van der Waals surface area contributed by atoms with Gasteiger partial charge in [-0.25, -0.2) is 4.79 Å². The molecule has 0 saturated carbocycles. The zero-order valence-electron chi connectivity index (χ0n) is 12.8. The average Bonchev–Trinajstić information content (AvgIpc) is 2.98. The van der Waals surface area contributed by atoms with Gasteiger partial charge in [-0.3, -0.25) is 4.79 Å². The van der Waals surface area contributed by atoms with Crippen molar-refractivity contribution in [2.75, 3.05) is 11.9 Å². The van der Waals surface area contributed by atoms with Crippen LogP contribution in [0.1, 0.15) is 33.6 Å². The van der Waals surface area contributed by atoms with Crippen LogP contribution in [0.25, 0.3) is 0 Å². The van der Waals surface area contributed by atoms with E-state index in [-0.39, 0.29) is 16.7 Å². The van der Waals surface area contributed by atoms with Gasteiger partial charge in [-0.05, 0) is 49.4 Å². The SMILES string of the molecule is O=C(O)COc1ccc(NC(=O)c2csc3c2CCCC3)cc1Cl. The molecular formula is C17H16ClNO4S. The number of ether oxygens (including phenoxy) is 1. The maximum atomic E-state index is 12.5. The van der Waals surface area contributed by atoms with Crippen LogP contribution in [0.3, 0.4) is 0 Å². The zero-order chi connectivity index (χ0) is 17.1. The molecule has 0 bridgehead atoms. The molecule has 126 valence electrons. The molecule has 0 fully saturated rings. The average molecular weight is 366 g/mol. The van der Waals surface area contributed by atoms with Gasteiger partial charge in [-0.15, -0.1) is 11.3 Å². The van der Waals surface area contributed by atoms with Crippen molar-refractivity contribution in [3.05, 3.63) is 44.6 Å². The number of aryl methyl sites for hydroxylation is 1. The molecule has 0 atom stereocenters. The molecule has 1 heterocycles. The lowest BCUT2D eigenvalue weighted by Gasteiger charge is -2.13. The largest absolute Gasteiger partial charge is 0.480 e. The molecule has 1 aromatic carbocycles. The van der Waals surface area contributed by atoms with Gasteiger partial charge in [0.1, 0.15) is 5.75 Å². The molecule has 1 aromatic heterocycles. The van der Waals surface area contributed by atoms with E-state index >= 15 is 0 Å². The summed E-state index contributed by atoms with van der Waals surface area (Å²) in [6.07, 6.45) is 4.30. The molecule has 2 N–H and O–H groups in total. The van der Waals surface area contributed by atoms with E-state index in [0.29, 0.717) is 5.69 Å². The van der Waals surface area contributed by atoms with E-state index < -0.39 is 12.6 Å². The van der Waals surface area contributed by atoms with E-state index in [1.807, 2.05) is 5.38 Å². The summed E-state index contributed by atoms with van der Waals surface area (Å²) in [7, 11) is 0. The number of fused-ring (bicyclic) bond motifs is 1. The summed E-state index contributed by atoms with van der Waals surface area (Å²) in [5, 5.41) is 13.6. The minimum absolute atomic E-state index is 0.148. The predicted molar refractivity (Wildman–Crippen MR) is 93.5 cm³/mol. The minimum atomic E-state index is -1.08. The van der Waals surface area contributed by atoms with E-state index in [1.165, 1.54) is 11.3 Å². The molecule has 7 heteroatoms. The van der Waals surface area contributed by atoms with Crippen molar-refractivity contribution in [3.8, 4) is 5.75 Å². The minimum Gasteiger partial charge on any atom is -0.480 e. The summed E-state index contributed by atoms with van der Waals surface area (Å²) in [6.45, 7) is -0.466. The van der Waals surface area contributed by atoms with Gasteiger partial charge in [-0.1, -0.05) is 11.6 Å². The monoisotopic (exact) mass is 365 g/mol. The van der Waals surface area contributed by atoms with Crippen LogP contribution in [-0.4, -0.2) is 23.6 Å². The quantitative estimate of drug-likeness (QED) is 0.839. The molecule has 0 saturated heterocycles. The van der Waals surface area contributed by atoms with Crippen LogP contribution in [0.5, 0.6) is 5.75 Å². The summed E-state index contributed by atoms with van der Waals surface area (Å²) < 4.78 is 5.06. The van der Waals surface area contributed by atoms with Gasteiger partial charge < -0.3 is 15.2 Å². The van der Waals surface area contributed by atoms with Crippen LogP contribution in [0.4, 0.5) is 5.69 Å². The van der Waals surface area contributed by atoms with Crippen LogP contribution in [0.15, 0.2) is 23.6 Å². The molecule has 2 aromatic rings. The molecule has 0 radical (unpaired) electrons. The number of carboxylic acid groups (broad SMARTS) is 1. The second-order valence-electron chi connectivity index (χ2n) is 5.54. The summed E-state index contributed by atoms with van der Waals surface area (Å²) in [5.74, 6) is -0.958. The molecule has 0 spiro atoms. The van der Waals surface area contributed by atoms with Gasteiger partial charge in [0, 0.05) is 15.9 Å². The van der Waals surface area contributed by atoms with Crippen LogP contribution in [0.2, 0.25) is 5.02 Å². The third kappa shape index (κ3) is 3.71. The number of carbonyl (C=O) groups is 2. The first-order chi connectivity index (χ1) is 11.5. The van der Waals surface area contributed by atoms with Gasteiger partial charge in [0.2, 0.25) is 0 Å². The fourth-order valence-electron chi connectivity index (χ4n) is 2.72. The van der Waals surface area contributed by atoms with Crippen molar-refractivity contribution < 1.29 is 19.4 Å². The number of carbonyl (C=O) groups excluding carboxylic acids is 1. The summed E-state index contributed by atoms with van der Waals surface area (Å²) >= 11 is 7.71. The number of carboxylic acids is 1. The van der Waals surface area contributed by atoms with Crippen molar-refractivity contribution in [2.24, 2.45) is 0 Å². The van der Waals surface area contributed by atoms with E-state index in [0.717, 1.165) is 30.4 Å². The number of anilines is 1. The Morgan fingerprint density at radius 2 is 2.08 bits per heavy atom. The van der Waals surface area contributed by atoms with Crippen LogP contribution in [0, 0.1) is 0 Å².